The second-order valence-electron chi connectivity index (χ2n) is 7.02. The highest BCUT2D eigenvalue weighted by Crippen LogP contribution is 2.21. The number of urea groups is 1. The molecule has 144 valence electrons. The number of nitrogens with zero attached hydrogens (tertiary/aromatic N) is 4. The first-order valence-corrected chi connectivity index (χ1v) is 9.48. The van der Waals surface area contributed by atoms with Crippen molar-refractivity contribution in [2.24, 2.45) is 0 Å². The van der Waals surface area contributed by atoms with Gasteiger partial charge in [0.1, 0.15) is 11.3 Å². The monoisotopic (exact) mass is 378 g/mol. The summed E-state index contributed by atoms with van der Waals surface area (Å²) in [6, 6.07) is 13.2. The van der Waals surface area contributed by atoms with Crippen LogP contribution < -0.4 is 0 Å². The third-order valence-electron chi connectivity index (χ3n) is 5.16. The molecule has 6 heteroatoms. The zero-order valence-corrected chi connectivity index (χ0v) is 16.1. The van der Waals surface area contributed by atoms with Crippen LogP contribution in [0.2, 0.25) is 0 Å². The van der Waals surface area contributed by atoms with Crippen LogP contribution in [0.4, 0.5) is 9.18 Å². The number of fused-ring (bicyclic) bond motifs is 1. The Balaban J connectivity index is 1.52. The molecule has 3 aromatic rings. The fourth-order valence-electron chi connectivity index (χ4n) is 3.57. The number of imidazole rings is 1. The largest absolute Gasteiger partial charge is 0.326 e. The molecular formula is C22H23FN4O. The molecule has 2 amide bonds. The number of carbonyl (C=O) groups excluding carboxylic acids is 1. The molecule has 2 aromatic carbocycles. The first kappa shape index (κ1) is 18.2. The molecule has 1 saturated heterocycles. The second kappa shape index (κ2) is 7.46. The van der Waals surface area contributed by atoms with Gasteiger partial charge in [0.25, 0.3) is 0 Å². The van der Waals surface area contributed by atoms with Crippen LogP contribution in [-0.4, -0.2) is 45.5 Å². The van der Waals surface area contributed by atoms with Crippen LogP contribution >= 0.6 is 0 Å². The van der Waals surface area contributed by atoms with Gasteiger partial charge in [0, 0.05) is 33.2 Å². The average Bonchev–Trinajstić information content (AvgIpc) is 3.23. The maximum absolute atomic E-state index is 14.0. The molecule has 0 radical (unpaired) electrons. The van der Waals surface area contributed by atoms with Gasteiger partial charge in [-0.25, -0.2) is 14.2 Å². The second-order valence-corrected chi connectivity index (χ2v) is 7.02. The van der Waals surface area contributed by atoms with Crippen molar-refractivity contribution in [3.05, 3.63) is 65.2 Å². The van der Waals surface area contributed by atoms with Gasteiger partial charge in [-0.15, -0.1) is 0 Å². The van der Waals surface area contributed by atoms with Crippen LogP contribution in [0.15, 0.2) is 42.5 Å². The van der Waals surface area contributed by atoms with Crippen LogP contribution in [0.25, 0.3) is 23.2 Å². The van der Waals surface area contributed by atoms with E-state index in [1.807, 2.05) is 65.9 Å². The van der Waals surface area contributed by atoms with E-state index in [4.69, 9.17) is 0 Å². The number of carbonyl (C=O) groups is 1. The van der Waals surface area contributed by atoms with Crippen LogP contribution in [0, 0.1) is 5.82 Å². The molecule has 0 spiro atoms. The van der Waals surface area contributed by atoms with Gasteiger partial charge >= 0.3 is 6.03 Å². The Morgan fingerprint density at radius 3 is 2.57 bits per heavy atom. The first-order chi connectivity index (χ1) is 13.6. The predicted molar refractivity (Wildman–Crippen MR) is 109 cm³/mol. The number of hydrogen-bond acceptors (Lipinski definition) is 2. The number of likely N-dealkylation sites (N-methyl/N-ethyl adjacent to an activating group) is 1. The van der Waals surface area contributed by atoms with E-state index in [9.17, 15) is 9.18 Å². The summed E-state index contributed by atoms with van der Waals surface area (Å²) in [6.45, 7) is 4.91. The van der Waals surface area contributed by atoms with E-state index in [1.54, 1.807) is 11.0 Å². The molecule has 0 bridgehead atoms. The number of rotatable bonds is 5. The van der Waals surface area contributed by atoms with Crippen molar-refractivity contribution in [2.75, 3.05) is 20.1 Å². The van der Waals surface area contributed by atoms with Gasteiger partial charge in [0.05, 0.1) is 5.52 Å². The quantitative estimate of drug-likeness (QED) is 0.667. The minimum atomic E-state index is -0.300. The molecule has 0 aliphatic carbocycles. The molecule has 1 aromatic heterocycles. The Labute approximate surface area is 163 Å². The van der Waals surface area contributed by atoms with E-state index < -0.39 is 0 Å². The summed E-state index contributed by atoms with van der Waals surface area (Å²) in [4.78, 5) is 20.0. The molecular weight excluding hydrogens is 355 g/mol. The Hall–Kier alpha value is -3.15. The molecule has 0 N–H and O–H groups in total. The van der Waals surface area contributed by atoms with Crippen molar-refractivity contribution < 1.29 is 9.18 Å². The summed E-state index contributed by atoms with van der Waals surface area (Å²) in [7, 11) is 1.83. The van der Waals surface area contributed by atoms with Crippen LogP contribution in [-0.2, 0) is 13.1 Å². The molecule has 28 heavy (non-hydrogen) atoms. The lowest BCUT2D eigenvalue weighted by Crippen LogP contribution is -2.28. The number of aromatic nitrogens is 2. The molecule has 2 heterocycles. The van der Waals surface area contributed by atoms with Gasteiger partial charge in [0.2, 0.25) is 0 Å². The van der Waals surface area contributed by atoms with Crippen molar-refractivity contribution in [3.8, 4) is 0 Å². The van der Waals surface area contributed by atoms with Gasteiger partial charge in [-0.05, 0) is 36.3 Å². The fraction of sp³-hybridized carbons (Fsp3) is 0.273. The van der Waals surface area contributed by atoms with Crippen molar-refractivity contribution >= 4 is 29.2 Å². The Morgan fingerprint density at radius 2 is 1.89 bits per heavy atom. The van der Waals surface area contributed by atoms with E-state index in [-0.39, 0.29) is 11.8 Å². The zero-order chi connectivity index (χ0) is 19.7. The lowest BCUT2D eigenvalue weighted by Gasteiger charge is -2.15. The minimum absolute atomic E-state index is 0.0784. The number of halogens is 1. The van der Waals surface area contributed by atoms with E-state index in [0.29, 0.717) is 12.1 Å². The number of amides is 2. The third-order valence-corrected chi connectivity index (χ3v) is 5.16. The van der Waals surface area contributed by atoms with Crippen molar-refractivity contribution in [3.63, 3.8) is 0 Å². The normalized spacial score (nSPS) is 14.8. The van der Waals surface area contributed by atoms with Gasteiger partial charge in [-0.1, -0.05) is 36.4 Å². The summed E-state index contributed by atoms with van der Waals surface area (Å²) >= 11 is 0. The Morgan fingerprint density at radius 1 is 1.11 bits per heavy atom. The number of para-hydroxylation sites is 1. The molecule has 0 unspecified atom stereocenters. The van der Waals surface area contributed by atoms with Gasteiger partial charge in [0.15, 0.2) is 5.82 Å². The molecule has 0 saturated carbocycles. The average molecular weight is 378 g/mol. The molecule has 5 nitrogen and oxygen atoms in total. The topological polar surface area (TPSA) is 41.4 Å². The molecule has 1 fully saturated rings. The molecule has 4 rings (SSSR count). The summed E-state index contributed by atoms with van der Waals surface area (Å²) in [5.74, 6) is 0.434. The third kappa shape index (κ3) is 3.38. The van der Waals surface area contributed by atoms with Crippen LogP contribution in [0.3, 0.4) is 0 Å². The van der Waals surface area contributed by atoms with Gasteiger partial charge < -0.3 is 14.4 Å². The SMILES string of the molecule is CCn1c(/C=C/c2ccc(CN3CCN(C)C3=O)cc2)nc2c(F)cccc21. The number of benzene rings is 2. The van der Waals surface area contributed by atoms with Gasteiger partial charge in [-0.3, -0.25) is 0 Å². The van der Waals surface area contributed by atoms with Crippen molar-refractivity contribution in [2.45, 2.75) is 20.0 Å². The first-order valence-electron chi connectivity index (χ1n) is 9.48. The zero-order valence-electron chi connectivity index (χ0n) is 16.1. The van der Waals surface area contributed by atoms with E-state index in [1.165, 1.54) is 6.07 Å². The summed E-state index contributed by atoms with van der Waals surface area (Å²) < 4.78 is 16.0. The van der Waals surface area contributed by atoms with E-state index >= 15 is 0 Å². The van der Waals surface area contributed by atoms with E-state index in [2.05, 4.69) is 4.98 Å². The smallest absolute Gasteiger partial charge is 0.320 e. The molecule has 0 atom stereocenters. The minimum Gasteiger partial charge on any atom is -0.326 e. The fourth-order valence-corrected chi connectivity index (χ4v) is 3.57. The summed E-state index contributed by atoms with van der Waals surface area (Å²) in [6.07, 6.45) is 3.89. The molecule has 1 aliphatic rings. The van der Waals surface area contributed by atoms with Crippen LogP contribution in [0.1, 0.15) is 23.9 Å². The lowest BCUT2D eigenvalue weighted by atomic mass is 10.1. The number of aryl methyl sites for hydroxylation is 1. The summed E-state index contributed by atoms with van der Waals surface area (Å²) in [5, 5.41) is 0. The molecule has 1 aliphatic heterocycles. The van der Waals surface area contributed by atoms with E-state index in [0.717, 1.165) is 42.1 Å². The predicted octanol–water partition coefficient (Wildman–Crippen LogP) is 4.23. The highest BCUT2D eigenvalue weighted by molar-refractivity contribution is 5.80. The maximum Gasteiger partial charge on any atom is 0.320 e. The summed E-state index contributed by atoms with van der Waals surface area (Å²) in [5.41, 5.74) is 3.34. The Bertz CT molecular complexity index is 1040. The van der Waals surface area contributed by atoms with Gasteiger partial charge in [-0.2, -0.15) is 0 Å². The standard InChI is InChI=1S/C22H23FN4O/c1-3-27-19-6-4-5-18(23)21(19)24-20(27)12-11-16-7-9-17(10-8-16)15-26-14-13-25(2)22(26)28/h4-12H,3,13-15H2,1-2H3/b12-11+. The maximum atomic E-state index is 14.0. The van der Waals surface area contributed by atoms with Crippen molar-refractivity contribution in [1.82, 2.24) is 19.4 Å². The Kier molecular flexibility index (Phi) is 4.86. The van der Waals surface area contributed by atoms with Crippen molar-refractivity contribution in [1.29, 1.82) is 0 Å². The highest BCUT2D eigenvalue weighted by Gasteiger charge is 2.24. The highest BCUT2D eigenvalue weighted by atomic mass is 19.1. The number of hydrogen-bond donors (Lipinski definition) is 0. The van der Waals surface area contributed by atoms with Crippen LogP contribution in [0.5, 0.6) is 0 Å². The lowest BCUT2D eigenvalue weighted by molar-refractivity contribution is 0.197.